The maximum atomic E-state index is 13.2. The molecule has 0 spiro atoms. The molecule has 4 aromatic heterocycles. The number of ether oxygens (including phenoxy) is 9. The van der Waals surface area contributed by atoms with Gasteiger partial charge in [0.05, 0.1) is 75.3 Å². The van der Waals surface area contributed by atoms with Crippen LogP contribution in [0.15, 0.2) is 182 Å². The first-order valence-corrected chi connectivity index (χ1v) is 29.3. The van der Waals surface area contributed by atoms with Gasteiger partial charge in [-0.15, -0.1) is 0 Å². The molecule has 0 aliphatic carbocycles. The molecule has 13 rings (SSSR count). The molecule has 0 radical (unpaired) electrons. The van der Waals surface area contributed by atoms with Gasteiger partial charge in [-0.1, -0.05) is 0 Å². The van der Waals surface area contributed by atoms with Gasteiger partial charge in [0.25, 0.3) is 0 Å². The van der Waals surface area contributed by atoms with Crippen LogP contribution in [0.25, 0.3) is 60.7 Å². The Hall–Kier alpha value is -11.6. The minimum absolute atomic E-state index is 0.0140. The first kappa shape index (κ1) is 64.4. The van der Waals surface area contributed by atoms with Crippen molar-refractivity contribution in [2.45, 2.75) is 40.9 Å². The van der Waals surface area contributed by atoms with Gasteiger partial charge in [-0.3, -0.25) is 9.59 Å². The zero-order valence-electron chi connectivity index (χ0n) is 52.3. The lowest BCUT2D eigenvalue weighted by Gasteiger charge is -2.11. The Morgan fingerprint density at radius 3 is 1.52 bits per heavy atom. The van der Waals surface area contributed by atoms with Gasteiger partial charge < -0.3 is 60.9 Å². The van der Waals surface area contributed by atoms with Crippen LogP contribution in [0.4, 0.5) is 13.2 Å². The molecule has 5 heterocycles. The second-order valence-electron chi connectivity index (χ2n) is 20.8. The summed E-state index contributed by atoms with van der Waals surface area (Å²) >= 11 is 0. The van der Waals surface area contributed by atoms with Crippen LogP contribution in [0, 0.1) is 24.1 Å². The number of fused-ring (bicyclic) bond motifs is 5. The van der Waals surface area contributed by atoms with E-state index >= 15 is 0 Å². The summed E-state index contributed by atoms with van der Waals surface area (Å²) < 4.78 is 92.8. The number of nitrogens with zero attached hydrogens (tertiary/aromatic N) is 5. The van der Waals surface area contributed by atoms with Crippen molar-refractivity contribution in [1.29, 1.82) is 5.26 Å². The Labute approximate surface area is 533 Å². The number of aryl methyl sites for hydroxylation is 1. The van der Waals surface area contributed by atoms with Crippen molar-refractivity contribution in [3.63, 3.8) is 0 Å². The van der Waals surface area contributed by atoms with E-state index in [1.54, 1.807) is 85.3 Å². The number of methoxy groups -OCH3 is 5. The van der Waals surface area contributed by atoms with Gasteiger partial charge in [0.2, 0.25) is 6.79 Å². The molecule has 17 nitrogen and oxygen atoms in total. The van der Waals surface area contributed by atoms with Crippen molar-refractivity contribution in [3.8, 4) is 69.1 Å². The average Bonchev–Trinajstić information content (AvgIpc) is 1.86. The van der Waals surface area contributed by atoms with Gasteiger partial charge in [0.15, 0.2) is 23.1 Å². The standard InChI is InChI=1S/C23H18FNO3.C20H19F2NO4.C18H17NO3.C12H10N2O2/c1-27-18-9-7-17(8-10-18)25-14-21(20-12-11-19(28-2)13-22(20)25)23(26)15-3-5-16(24)6-4-15;1-4-26-19(24)18-12(2)23(13-5-7-14(25-3)8-6-13)17-11-15(27-20(21)22)9-10-16(17)18;1-12(20)17-11-19(13-4-6-14(21-2)7-5-13)18-10-15(22-3)8-9-16(17)18;1-2-14-6-8(5-13)9-3-11-12(4-10(9)14)16-7-15-11/h3-14H,1-2H3;5-11,20H,4H2,1-3H3;4-11H,1-3H3;3-4,6H,2,7H2,1H3. The summed E-state index contributed by atoms with van der Waals surface area (Å²) in [5.74, 6) is 4.21. The van der Waals surface area contributed by atoms with E-state index in [0.29, 0.717) is 55.9 Å². The smallest absolute Gasteiger partial charge is 0.387 e. The summed E-state index contributed by atoms with van der Waals surface area (Å²) in [6.07, 6.45) is 5.53. The third-order valence-corrected chi connectivity index (χ3v) is 15.5. The quantitative estimate of drug-likeness (QED) is 0.0660. The number of halogens is 3. The Morgan fingerprint density at radius 2 is 1.02 bits per heavy atom. The average molecular weight is 1260 g/mol. The number of hydrogen-bond donors (Lipinski definition) is 0. The molecule has 0 unspecified atom stereocenters. The van der Waals surface area contributed by atoms with Crippen LogP contribution in [0.3, 0.4) is 0 Å². The number of rotatable bonds is 16. The van der Waals surface area contributed by atoms with Crippen molar-refractivity contribution in [1.82, 2.24) is 18.3 Å². The lowest BCUT2D eigenvalue weighted by Crippen LogP contribution is -2.07. The van der Waals surface area contributed by atoms with E-state index in [9.17, 15) is 27.6 Å². The number of carbonyl (C=O) groups excluding carboxylic acids is 3. The van der Waals surface area contributed by atoms with Crippen LogP contribution in [0.2, 0.25) is 0 Å². The van der Waals surface area contributed by atoms with Gasteiger partial charge in [-0.05, 0) is 167 Å². The highest BCUT2D eigenvalue weighted by Crippen LogP contribution is 2.39. The number of ketones is 2. The second kappa shape index (κ2) is 28.5. The number of alkyl halides is 2. The number of aromatic nitrogens is 4. The highest BCUT2D eigenvalue weighted by Gasteiger charge is 2.24. The molecule has 0 saturated carbocycles. The van der Waals surface area contributed by atoms with Crippen LogP contribution in [-0.2, 0) is 11.3 Å². The molecule has 0 N–H and O–H groups in total. The normalized spacial score (nSPS) is 11.2. The summed E-state index contributed by atoms with van der Waals surface area (Å²) in [5.41, 5.74) is 9.36. The fourth-order valence-electron chi connectivity index (χ4n) is 10.9. The van der Waals surface area contributed by atoms with E-state index < -0.39 is 12.6 Å². The molecule has 0 amide bonds. The maximum Gasteiger partial charge on any atom is 0.387 e. The third kappa shape index (κ3) is 13.6. The number of esters is 1. The van der Waals surface area contributed by atoms with Crippen molar-refractivity contribution in [2.24, 2.45) is 0 Å². The van der Waals surface area contributed by atoms with Crippen LogP contribution in [-0.4, -0.2) is 91.4 Å². The van der Waals surface area contributed by atoms with E-state index in [1.807, 2.05) is 142 Å². The Balaban J connectivity index is 0.000000138. The number of benzene rings is 8. The van der Waals surface area contributed by atoms with Gasteiger partial charge in [0, 0.05) is 110 Å². The van der Waals surface area contributed by atoms with Gasteiger partial charge >= 0.3 is 12.6 Å². The number of carbonyl (C=O) groups is 3. The summed E-state index contributed by atoms with van der Waals surface area (Å²) in [6, 6.07) is 49.9. The second-order valence-corrected chi connectivity index (χ2v) is 20.8. The minimum atomic E-state index is -2.93. The highest BCUT2D eigenvalue weighted by atomic mass is 19.3. The predicted molar refractivity (Wildman–Crippen MR) is 348 cm³/mol. The van der Waals surface area contributed by atoms with Crippen LogP contribution >= 0.6 is 0 Å². The van der Waals surface area contributed by atoms with Crippen LogP contribution < -0.4 is 37.9 Å². The van der Waals surface area contributed by atoms with E-state index in [4.69, 9.17) is 43.2 Å². The first-order valence-electron chi connectivity index (χ1n) is 29.3. The molecule has 0 bridgehead atoms. The van der Waals surface area contributed by atoms with Crippen molar-refractivity contribution >= 4 is 61.1 Å². The van der Waals surface area contributed by atoms with Crippen molar-refractivity contribution < 1.29 is 70.2 Å². The molecule has 1 aliphatic heterocycles. The number of nitriles is 1. The monoisotopic (exact) mass is 1260 g/mol. The minimum Gasteiger partial charge on any atom is -0.497 e. The van der Waals surface area contributed by atoms with Crippen molar-refractivity contribution in [3.05, 3.63) is 222 Å². The number of Topliss-reactive ketones (excluding diaryl/α,β-unsaturated/α-hetero) is 1. The summed E-state index contributed by atoms with van der Waals surface area (Å²) in [6.45, 7) is 5.53. The molecule has 0 atom stereocenters. The Bertz CT molecular complexity index is 4740. The molecule has 474 valence electrons. The Morgan fingerprint density at radius 1 is 0.548 bits per heavy atom. The molecule has 1 aliphatic rings. The zero-order chi connectivity index (χ0) is 66.0. The molecular weight excluding hydrogens is 1200 g/mol. The molecule has 93 heavy (non-hydrogen) atoms. The van der Waals surface area contributed by atoms with Gasteiger partial charge in [0.1, 0.15) is 46.4 Å². The third-order valence-electron chi connectivity index (χ3n) is 15.5. The summed E-state index contributed by atoms with van der Waals surface area (Å²) in [5, 5.41) is 12.3. The topological polar surface area (TPSA) is 178 Å². The van der Waals surface area contributed by atoms with E-state index in [2.05, 4.69) is 10.8 Å². The Kier molecular flexibility index (Phi) is 19.7. The molecular formula is C73H64F3N5O12. The zero-order valence-corrected chi connectivity index (χ0v) is 52.3. The van der Waals surface area contributed by atoms with Crippen LogP contribution in [0.1, 0.15) is 68.7 Å². The first-order chi connectivity index (χ1) is 45.0. The summed E-state index contributed by atoms with van der Waals surface area (Å²) in [4.78, 5) is 37.5. The molecule has 0 saturated heterocycles. The van der Waals surface area contributed by atoms with Crippen molar-refractivity contribution in [2.75, 3.05) is 48.9 Å². The fourth-order valence-corrected chi connectivity index (χ4v) is 10.9. The predicted octanol–water partition coefficient (Wildman–Crippen LogP) is 15.9. The lowest BCUT2D eigenvalue weighted by molar-refractivity contribution is -0.0497. The summed E-state index contributed by atoms with van der Waals surface area (Å²) in [7, 11) is 8.06. The molecule has 8 aromatic carbocycles. The molecule has 12 aromatic rings. The number of hydrogen-bond acceptors (Lipinski definition) is 13. The largest absolute Gasteiger partial charge is 0.497 e. The SMILES string of the molecule is CCOC(=O)c1c(C)n(-c2ccc(OC)cc2)c2cc(OC(F)F)ccc12.CCn1cc(C#N)c2cc3c(cc21)OCO3.COc1ccc(-n2cc(C(=O)c3ccc(F)cc3)c3ccc(OC)cc32)cc1.COc1ccc(-n2cc(C(C)=O)c3ccc(OC)cc32)cc1. The maximum absolute atomic E-state index is 13.2. The van der Waals surface area contributed by atoms with E-state index in [-0.39, 0.29) is 36.5 Å². The van der Waals surface area contributed by atoms with Gasteiger partial charge in [-0.2, -0.15) is 14.0 Å². The highest BCUT2D eigenvalue weighted by molar-refractivity contribution is 6.17. The molecule has 20 heteroatoms. The molecule has 0 fully saturated rings. The van der Waals surface area contributed by atoms with Crippen LogP contribution in [0.5, 0.6) is 46.0 Å². The van der Waals surface area contributed by atoms with Gasteiger partial charge in [-0.25, -0.2) is 9.18 Å². The fraction of sp³-hybridized carbons (Fsp3) is 0.178. The lowest BCUT2D eigenvalue weighted by atomic mass is 10.0. The van der Waals surface area contributed by atoms with E-state index in [1.165, 1.54) is 36.4 Å². The van der Waals surface area contributed by atoms with E-state index in [0.717, 1.165) is 85.1 Å².